The van der Waals surface area contributed by atoms with Crippen molar-refractivity contribution < 1.29 is 24.1 Å². The van der Waals surface area contributed by atoms with E-state index >= 15 is 0 Å². The third-order valence-electron chi connectivity index (χ3n) is 2.15. The van der Waals surface area contributed by atoms with Crippen molar-refractivity contribution in [2.75, 3.05) is 26.6 Å². The lowest BCUT2D eigenvalue weighted by Gasteiger charge is -2.07. The standard InChI is InChI=1S/C11H13NO5/c13-4-3-12-11(14)6-15-8-1-2-9-10(5-8)17-7-16-9/h1-2,5,13H,3-4,6-7H2,(H,12,14). The number of fused-ring (bicyclic) bond motifs is 1. The average Bonchev–Trinajstić information content (AvgIpc) is 2.81. The van der Waals surface area contributed by atoms with Gasteiger partial charge in [0.15, 0.2) is 18.1 Å². The summed E-state index contributed by atoms with van der Waals surface area (Å²) in [4.78, 5) is 11.2. The molecule has 1 aromatic rings. The number of aliphatic hydroxyl groups excluding tert-OH is 1. The molecule has 0 aromatic heterocycles. The third kappa shape index (κ3) is 3.01. The van der Waals surface area contributed by atoms with Crippen LogP contribution in [0.4, 0.5) is 0 Å². The summed E-state index contributed by atoms with van der Waals surface area (Å²) in [5, 5.41) is 11.0. The van der Waals surface area contributed by atoms with E-state index in [9.17, 15) is 4.79 Å². The summed E-state index contributed by atoms with van der Waals surface area (Å²) in [5.74, 6) is 1.53. The minimum atomic E-state index is -0.281. The molecule has 6 heteroatoms. The predicted molar refractivity (Wildman–Crippen MR) is 58.2 cm³/mol. The van der Waals surface area contributed by atoms with Crippen molar-refractivity contribution >= 4 is 5.91 Å². The highest BCUT2D eigenvalue weighted by Crippen LogP contribution is 2.34. The fourth-order valence-electron chi connectivity index (χ4n) is 1.36. The van der Waals surface area contributed by atoms with Gasteiger partial charge in [-0.15, -0.1) is 0 Å². The van der Waals surface area contributed by atoms with Gasteiger partial charge in [0.25, 0.3) is 5.91 Å². The number of rotatable bonds is 5. The number of aliphatic hydroxyl groups is 1. The first-order valence-electron chi connectivity index (χ1n) is 5.19. The lowest BCUT2D eigenvalue weighted by Crippen LogP contribution is -2.31. The third-order valence-corrected chi connectivity index (χ3v) is 2.15. The number of nitrogens with one attached hydrogen (secondary N) is 1. The molecule has 0 atom stereocenters. The van der Waals surface area contributed by atoms with Crippen LogP contribution >= 0.6 is 0 Å². The van der Waals surface area contributed by atoms with Crippen molar-refractivity contribution in [2.45, 2.75) is 0 Å². The molecule has 17 heavy (non-hydrogen) atoms. The number of amides is 1. The van der Waals surface area contributed by atoms with E-state index in [1.165, 1.54) is 0 Å². The number of carbonyl (C=O) groups excluding carboxylic acids is 1. The first-order valence-corrected chi connectivity index (χ1v) is 5.19. The number of hydrogen-bond donors (Lipinski definition) is 2. The van der Waals surface area contributed by atoms with Gasteiger partial charge < -0.3 is 24.6 Å². The Balaban J connectivity index is 1.85. The van der Waals surface area contributed by atoms with Gasteiger partial charge in [0.05, 0.1) is 6.61 Å². The summed E-state index contributed by atoms with van der Waals surface area (Å²) >= 11 is 0. The molecule has 2 N–H and O–H groups in total. The molecule has 1 aromatic carbocycles. The summed E-state index contributed by atoms with van der Waals surface area (Å²) in [6.07, 6.45) is 0. The maximum Gasteiger partial charge on any atom is 0.258 e. The van der Waals surface area contributed by atoms with Crippen molar-refractivity contribution in [3.63, 3.8) is 0 Å². The molecule has 0 saturated carbocycles. The van der Waals surface area contributed by atoms with E-state index in [4.69, 9.17) is 19.3 Å². The summed E-state index contributed by atoms with van der Waals surface area (Å²) in [6.45, 7) is 0.245. The number of ether oxygens (including phenoxy) is 3. The second-order valence-corrected chi connectivity index (χ2v) is 3.38. The van der Waals surface area contributed by atoms with Crippen LogP contribution in [0, 0.1) is 0 Å². The monoisotopic (exact) mass is 239 g/mol. The highest BCUT2D eigenvalue weighted by molar-refractivity contribution is 5.77. The second-order valence-electron chi connectivity index (χ2n) is 3.38. The Kier molecular flexibility index (Phi) is 3.66. The van der Waals surface area contributed by atoms with E-state index in [-0.39, 0.29) is 32.5 Å². The van der Waals surface area contributed by atoms with E-state index in [1.54, 1.807) is 18.2 Å². The zero-order valence-corrected chi connectivity index (χ0v) is 9.14. The topological polar surface area (TPSA) is 77.0 Å². The van der Waals surface area contributed by atoms with Gasteiger partial charge in [0.2, 0.25) is 6.79 Å². The molecule has 0 spiro atoms. The molecule has 6 nitrogen and oxygen atoms in total. The molecule has 0 saturated heterocycles. The molecule has 0 aliphatic carbocycles. The van der Waals surface area contributed by atoms with Crippen LogP contribution in [-0.2, 0) is 4.79 Å². The van der Waals surface area contributed by atoms with E-state index in [0.717, 1.165) is 0 Å². The lowest BCUT2D eigenvalue weighted by molar-refractivity contribution is -0.123. The second kappa shape index (κ2) is 5.40. The molecular weight excluding hydrogens is 226 g/mol. The fourth-order valence-corrected chi connectivity index (χ4v) is 1.36. The summed E-state index contributed by atoms with van der Waals surface area (Å²) in [7, 11) is 0. The Morgan fingerprint density at radius 2 is 2.24 bits per heavy atom. The zero-order chi connectivity index (χ0) is 12.1. The first kappa shape index (κ1) is 11.5. The SMILES string of the molecule is O=C(COc1ccc2c(c1)OCO2)NCCO. The largest absolute Gasteiger partial charge is 0.484 e. The first-order chi connectivity index (χ1) is 8.29. The minimum absolute atomic E-state index is 0.0875. The number of benzene rings is 1. The maximum atomic E-state index is 11.2. The van der Waals surface area contributed by atoms with Crippen LogP contribution in [0.5, 0.6) is 17.2 Å². The molecule has 1 amide bonds. The van der Waals surface area contributed by atoms with Crippen LogP contribution in [0.3, 0.4) is 0 Å². The Hall–Kier alpha value is -1.95. The van der Waals surface area contributed by atoms with Crippen LogP contribution in [0.15, 0.2) is 18.2 Å². The van der Waals surface area contributed by atoms with Crippen LogP contribution in [0.2, 0.25) is 0 Å². The van der Waals surface area contributed by atoms with Crippen LogP contribution in [0.25, 0.3) is 0 Å². The van der Waals surface area contributed by atoms with Gasteiger partial charge in [-0.2, -0.15) is 0 Å². The Morgan fingerprint density at radius 1 is 1.41 bits per heavy atom. The van der Waals surface area contributed by atoms with Crippen molar-refractivity contribution in [2.24, 2.45) is 0 Å². The highest BCUT2D eigenvalue weighted by atomic mass is 16.7. The van der Waals surface area contributed by atoms with Crippen molar-refractivity contribution in [3.8, 4) is 17.2 Å². The van der Waals surface area contributed by atoms with Crippen molar-refractivity contribution in [1.29, 1.82) is 0 Å². The Morgan fingerprint density at radius 3 is 3.06 bits per heavy atom. The smallest absolute Gasteiger partial charge is 0.258 e. The molecule has 0 unspecified atom stereocenters. The van der Waals surface area contributed by atoms with Crippen molar-refractivity contribution in [1.82, 2.24) is 5.32 Å². The van der Waals surface area contributed by atoms with Gasteiger partial charge in [0.1, 0.15) is 5.75 Å². The van der Waals surface area contributed by atoms with E-state index in [2.05, 4.69) is 5.32 Å². The quantitative estimate of drug-likeness (QED) is 0.750. The lowest BCUT2D eigenvalue weighted by atomic mass is 10.3. The van der Waals surface area contributed by atoms with Crippen molar-refractivity contribution in [3.05, 3.63) is 18.2 Å². The molecule has 0 bridgehead atoms. The highest BCUT2D eigenvalue weighted by Gasteiger charge is 2.14. The summed E-state index contributed by atoms with van der Waals surface area (Å²) < 4.78 is 15.6. The fraction of sp³-hybridized carbons (Fsp3) is 0.364. The van der Waals surface area contributed by atoms with Gasteiger partial charge in [0, 0.05) is 12.6 Å². The van der Waals surface area contributed by atoms with E-state index < -0.39 is 0 Å². The van der Waals surface area contributed by atoms with Gasteiger partial charge in [-0.05, 0) is 12.1 Å². The van der Waals surface area contributed by atoms with Gasteiger partial charge in [-0.25, -0.2) is 0 Å². The zero-order valence-electron chi connectivity index (χ0n) is 9.14. The van der Waals surface area contributed by atoms with Crippen LogP contribution < -0.4 is 19.5 Å². The molecule has 0 fully saturated rings. The van der Waals surface area contributed by atoms with Crippen LogP contribution in [-0.4, -0.2) is 37.6 Å². The summed E-state index contributed by atoms with van der Waals surface area (Å²) in [6, 6.07) is 5.10. The van der Waals surface area contributed by atoms with E-state index in [1.807, 2.05) is 0 Å². The molecule has 92 valence electrons. The Bertz CT molecular complexity index is 407. The molecule has 1 heterocycles. The molecule has 1 aliphatic rings. The van der Waals surface area contributed by atoms with Gasteiger partial charge >= 0.3 is 0 Å². The molecule has 1 aliphatic heterocycles. The molecule has 2 rings (SSSR count). The minimum Gasteiger partial charge on any atom is -0.484 e. The normalized spacial score (nSPS) is 12.3. The van der Waals surface area contributed by atoms with E-state index in [0.29, 0.717) is 17.2 Å². The summed E-state index contributed by atoms with van der Waals surface area (Å²) in [5.41, 5.74) is 0. The molecular formula is C11H13NO5. The van der Waals surface area contributed by atoms with Gasteiger partial charge in [-0.3, -0.25) is 4.79 Å². The number of hydrogen-bond acceptors (Lipinski definition) is 5. The van der Waals surface area contributed by atoms with Crippen LogP contribution in [0.1, 0.15) is 0 Å². The maximum absolute atomic E-state index is 11.2. The number of carbonyl (C=O) groups is 1. The molecule has 0 radical (unpaired) electrons. The van der Waals surface area contributed by atoms with Gasteiger partial charge in [-0.1, -0.05) is 0 Å². The average molecular weight is 239 g/mol. The Labute approximate surface area is 98.1 Å². The predicted octanol–water partition coefficient (Wildman–Crippen LogP) is -0.0974.